The molecular weight excluding hydrogens is 449 g/mol. The highest BCUT2D eigenvalue weighted by Gasteiger charge is 2.24. The molecular formula is C25H28FN7O2. The van der Waals surface area contributed by atoms with Crippen LogP contribution in [0.3, 0.4) is 0 Å². The number of nitrogens with zero attached hydrogens (tertiary/aromatic N) is 2. The van der Waals surface area contributed by atoms with Crippen molar-refractivity contribution in [2.24, 2.45) is 17.2 Å². The number of hydrogen-bond acceptors (Lipinski definition) is 7. The molecule has 1 fully saturated rings. The molecule has 2 heterocycles. The first-order chi connectivity index (χ1) is 16.8. The van der Waals surface area contributed by atoms with Crippen molar-refractivity contribution in [2.45, 2.75) is 44.2 Å². The van der Waals surface area contributed by atoms with Crippen LogP contribution in [0.25, 0.3) is 11.1 Å². The van der Waals surface area contributed by atoms with Crippen LogP contribution in [0.2, 0.25) is 0 Å². The minimum absolute atomic E-state index is 0.00834. The van der Waals surface area contributed by atoms with Crippen LogP contribution in [-0.4, -0.2) is 33.9 Å². The molecule has 9 nitrogen and oxygen atoms in total. The molecule has 8 N–H and O–H groups in total. The van der Waals surface area contributed by atoms with E-state index >= 15 is 0 Å². The molecule has 4 rings (SSSR count). The van der Waals surface area contributed by atoms with Gasteiger partial charge >= 0.3 is 0 Å². The SMILES string of the molecule is NC(=O)Cc1ccc(-c2cncc(Nc3nc(NC4CCCCC4N)c(F)cc3C(N)=O)c2)cc1. The molecule has 1 saturated carbocycles. The van der Waals surface area contributed by atoms with Gasteiger partial charge in [-0.3, -0.25) is 14.6 Å². The number of halogens is 1. The number of rotatable bonds is 8. The van der Waals surface area contributed by atoms with E-state index in [2.05, 4.69) is 20.6 Å². The van der Waals surface area contributed by atoms with E-state index in [1.54, 1.807) is 12.4 Å². The van der Waals surface area contributed by atoms with Crippen molar-refractivity contribution in [3.05, 3.63) is 65.7 Å². The number of carbonyl (C=O) groups excluding carboxylic acids is 2. The molecule has 0 bridgehead atoms. The number of nitrogens with one attached hydrogen (secondary N) is 2. The van der Waals surface area contributed by atoms with E-state index in [0.717, 1.165) is 48.4 Å². The molecule has 0 saturated heterocycles. The average molecular weight is 478 g/mol. The van der Waals surface area contributed by atoms with Gasteiger partial charge in [0.1, 0.15) is 5.82 Å². The Morgan fingerprint density at radius 1 is 1.00 bits per heavy atom. The lowest BCUT2D eigenvalue weighted by Gasteiger charge is -2.30. The third-order valence-electron chi connectivity index (χ3n) is 6.05. The highest BCUT2D eigenvalue weighted by Crippen LogP contribution is 2.28. The first-order valence-electron chi connectivity index (χ1n) is 11.4. The molecule has 1 aliphatic carbocycles. The fraction of sp³-hybridized carbons (Fsp3) is 0.280. The van der Waals surface area contributed by atoms with Gasteiger partial charge in [-0.15, -0.1) is 0 Å². The van der Waals surface area contributed by atoms with E-state index in [4.69, 9.17) is 17.2 Å². The van der Waals surface area contributed by atoms with Crippen molar-refractivity contribution < 1.29 is 14.0 Å². The number of pyridine rings is 2. The van der Waals surface area contributed by atoms with E-state index in [1.807, 2.05) is 30.3 Å². The van der Waals surface area contributed by atoms with E-state index in [1.165, 1.54) is 0 Å². The Kier molecular flexibility index (Phi) is 7.21. The second-order valence-corrected chi connectivity index (χ2v) is 8.71. The summed E-state index contributed by atoms with van der Waals surface area (Å²) in [5.74, 6) is -1.77. The van der Waals surface area contributed by atoms with Crippen molar-refractivity contribution >= 4 is 29.1 Å². The molecule has 35 heavy (non-hydrogen) atoms. The van der Waals surface area contributed by atoms with Crippen LogP contribution in [0.5, 0.6) is 0 Å². The number of carbonyl (C=O) groups is 2. The Labute approximate surface area is 202 Å². The predicted octanol–water partition coefficient (Wildman–Crippen LogP) is 2.83. The normalized spacial score (nSPS) is 17.5. The average Bonchev–Trinajstić information content (AvgIpc) is 2.82. The maximum Gasteiger partial charge on any atom is 0.252 e. The van der Waals surface area contributed by atoms with Gasteiger partial charge in [-0.2, -0.15) is 0 Å². The molecule has 2 atom stereocenters. The van der Waals surface area contributed by atoms with E-state index in [0.29, 0.717) is 5.69 Å². The largest absolute Gasteiger partial charge is 0.369 e. The lowest BCUT2D eigenvalue weighted by atomic mass is 9.91. The third-order valence-corrected chi connectivity index (χ3v) is 6.05. The summed E-state index contributed by atoms with van der Waals surface area (Å²) < 4.78 is 14.8. The summed E-state index contributed by atoms with van der Waals surface area (Å²) in [7, 11) is 0. The molecule has 0 aliphatic heterocycles. The summed E-state index contributed by atoms with van der Waals surface area (Å²) >= 11 is 0. The van der Waals surface area contributed by atoms with Gasteiger partial charge < -0.3 is 27.8 Å². The van der Waals surface area contributed by atoms with Crippen molar-refractivity contribution in [3.63, 3.8) is 0 Å². The number of benzene rings is 1. The van der Waals surface area contributed by atoms with Crippen LogP contribution < -0.4 is 27.8 Å². The Morgan fingerprint density at radius 2 is 1.74 bits per heavy atom. The number of primary amides is 2. The summed E-state index contributed by atoms with van der Waals surface area (Å²) in [6, 6.07) is 10.0. The van der Waals surface area contributed by atoms with Gasteiger partial charge in [0.2, 0.25) is 5.91 Å². The molecule has 2 aromatic heterocycles. The lowest BCUT2D eigenvalue weighted by Crippen LogP contribution is -2.43. The van der Waals surface area contributed by atoms with E-state index < -0.39 is 17.6 Å². The van der Waals surface area contributed by atoms with Crippen LogP contribution in [-0.2, 0) is 11.2 Å². The molecule has 0 spiro atoms. The zero-order valence-corrected chi connectivity index (χ0v) is 19.1. The molecule has 1 aliphatic rings. The van der Waals surface area contributed by atoms with Crippen LogP contribution in [0.15, 0.2) is 48.8 Å². The molecule has 182 valence electrons. The minimum Gasteiger partial charge on any atom is -0.369 e. The van der Waals surface area contributed by atoms with Gasteiger partial charge in [0.25, 0.3) is 5.91 Å². The van der Waals surface area contributed by atoms with Gasteiger partial charge in [0.15, 0.2) is 11.6 Å². The zero-order chi connectivity index (χ0) is 24.9. The standard InChI is InChI=1S/C25H28FN7O2/c26-19-11-18(23(29)35)24(33-25(19)32-21-4-2-1-3-20(21)27)31-17-10-16(12-30-13-17)15-7-5-14(6-8-15)9-22(28)34/h5-8,10-13,20-21H,1-4,9,27H2,(H2,28,34)(H2,29,35)(H2,31,32,33). The van der Waals surface area contributed by atoms with E-state index in [-0.39, 0.29) is 35.7 Å². The van der Waals surface area contributed by atoms with Crippen molar-refractivity contribution in [1.29, 1.82) is 0 Å². The topological polar surface area (TPSA) is 162 Å². The zero-order valence-electron chi connectivity index (χ0n) is 19.1. The Hall–Kier alpha value is -4.05. The summed E-state index contributed by atoms with van der Waals surface area (Å²) in [6.45, 7) is 0. The summed E-state index contributed by atoms with van der Waals surface area (Å²) in [4.78, 5) is 31.7. The molecule has 0 radical (unpaired) electrons. The maximum absolute atomic E-state index is 14.8. The van der Waals surface area contributed by atoms with E-state index in [9.17, 15) is 14.0 Å². The smallest absolute Gasteiger partial charge is 0.252 e. The summed E-state index contributed by atoms with van der Waals surface area (Å²) in [5.41, 5.74) is 19.8. The van der Waals surface area contributed by atoms with Crippen molar-refractivity contribution in [1.82, 2.24) is 9.97 Å². The van der Waals surface area contributed by atoms with Crippen LogP contribution >= 0.6 is 0 Å². The second-order valence-electron chi connectivity index (χ2n) is 8.71. The first kappa shape index (κ1) is 24.1. The lowest BCUT2D eigenvalue weighted by molar-refractivity contribution is -0.117. The van der Waals surface area contributed by atoms with Crippen molar-refractivity contribution in [2.75, 3.05) is 10.6 Å². The minimum atomic E-state index is -0.811. The van der Waals surface area contributed by atoms with Gasteiger partial charge in [-0.05, 0) is 36.1 Å². The highest BCUT2D eigenvalue weighted by molar-refractivity contribution is 5.98. The summed E-state index contributed by atoms with van der Waals surface area (Å²) in [6.07, 6.45) is 7.11. The van der Waals surface area contributed by atoms with Gasteiger partial charge in [0.05, 0.1) is 23.9 Å². The third kappa shape index (κ3) is 5.90. The summed E-state index contributed by atoms with van der Waals surface area (Å²) in [5, 5.41) is 6.14. The Bertz CT molecular complexity index is 1230. The number of amides is 2. The molecule has 1 aromatic carbocycles. The predicted molar refractivity (Wildman–Crippen MR) is 132 cm³/mol. The second kappa shape index (κ2) is 10.5. The molecule has 3 aromatic rings. The van der Waals surface area contributed by atoms with Crippen molar-refractivity contribution in [3.8, 4) is 11.1 Å². The number of anilines is 3. The van der Waals surface area contributed by atoms with Gasteiger partial charge in [-0.1, -0.05) is 37.1 Å². The Balaban J connectivity index is 1.60. The first-order valence-corrected chi connectivity index (χ1v) is 11.4. The number of nitrogens with two attached hydrogens (primary N) is 3. The Morgan fingerprint density at radius 3 is 2.43 bits per heavy atom. The maximum atomic E-state index is 14.8. The quantitative estimate of drug-likeness (QED) is 0.333. The van der Waals surface area contributed by atoms with Gasteiger partial charge in [0, 0.05) is 23.8 Å². The molecule has 2 amide bonds. The fourth-order valence-corrected chi connectivity index (χ4v) is 4.21. The van der Waals surface area contributed by atoms with Crippen LogP contribution in [0.4, 0.5) is 21.7 Å². The molecule has 2 unspecified atom stereocenters. The van der Waals surface area contributed by atoms with Crippen LogP contribution in [0.1, 0.15) is 41.6 Å². The fourth-order valence-electron chi connectivity index (χ4n) is 4.21. The highest BCUT2D eigenvalue weighted by atomic mass is 19.1. The van der Waals surface area contributed by atoms with Crippen LogP contribution in [0, 0.1) is 5.82 Å². The molecule has 10 heteroatoms. The monoisotopic (exact) mass is 477 g/mol. The van der Waals surface area contributed by atoms with Gasteiger partial charge in [-0.25, -0.2) is 9.37 Å². The number of aromatic nitrogens is 2. The number of hydrogen-bond donors (Lipinski definition) is 5.